The second-order valence-electron chi connectivity index (χ2n) is 4.62. The standard InChI is InChI=1S/C16H16N2O4/c1-3-22-13-9-7-12(8-10-13)17-16(19)14-5-4-6-15(11(14)2)18(20)21/h4-10H,3H2,1-2H3,(H,17,19). The Morgan fingerprint density at radius 3 is 2.50 bits per heavy atom. The molecule has 0 atom stereocenters. The van der Waals surface area contributed by atoms with Gasteiger partial charge in [0.25, 0.3) is 11.6 Å². The normalized spacial score (nSPS) is 10.1. The lowest BCUT2D eigenvalue weighted by Crippen LogP contribution is -2.14. The van der Waals surface area contributed by atoms with E-state index < -0.39 is 4.92 Å². The minimum absolute atomic E-state index is 0.0701. The van der Waals surface area contributed by atoms with Crippen LogP contribution < -0.4 is 10.1 Å². The van der Waals surface area contributed by atoms with E-state index >= 15 is 0 Å². The monoisotopic (exact) mass is 300 g/mol. The van der Waals surface area contributed by atoms with E-state index in [-0.39, 0.29) is 17.2 Å². The average Bonchev–Trinajstić information content (AvgIpc) is 2.49. The van der Waals surface area contributed by atoms with E-state index in [2.05, 4.69) is 5.32 Å². The van der Waals surface area contributed by atoms with Gasteiger partial charge in [-0.1, -0.05) is 6.07 Å². The summed E-state index contributed by atoms with van der Waals surface area (Å²) in [5.41, 5.74) is 1.15. The summed E-state index contributed by atoms with van der Waals surface area (Å²) in [6.07, 6.45) is 0. The molecule has 6 nitrogen and oxygen atoms in total. The molecule has 0 unspecified atom stereocenters. The predicted octanol–water partition coefficient (Wildman–Crippen LogP) is 3.55. The van der Waals surface area contributed by atoms with E-state index in [4.69, 9.17) is 4.74 Å². The highest BCUT2D eigenvalue weighted by atomic mass is 16.6. The molecule has 2 aromatic rings. The third-order valence-corrected chi connectivity index (χ3v) is 3.17. The van der Waals surface area contributed by atoms with Crippen molar-refractivity contribution in [3.8, 4) is 5.75 Å². The topological polar surface area (TPSA) is 81.5 Å². The molecule has 0 radical (unpaired) electrons. The van der Waals surface area contributed by atoms with Crippen LogP contribution in [0.1, 0.15) is 22.8 Å². The third-order valence-electron chi connectivity index (χ3n) is 3.17. The summed E-state index contributed by atoms with van der Waals surface area (Å²) in [6, 6.07) is 11.4. The summed E-state index contributed by atoms with van der Waals surface area (Å²) < 4.78 is 5.32. The summed E-state index contributed by atoms with van der Waals surface area (Å²) >= 11 is 0. The largest absolute Gasteiger partial charge is 0.494 e. The fourth-order valence-corrected chi connectivity index (χ4v) is 2.07. The predicted molar refractivity (Wildman–Crippen MR) is 83.4 cm³/mol. The summed E-state index contributed by atoms with van der Waals surface area (Å²) in [6.45, 7) is 4.02. The van der Waals surface area contributed by atoms with Gasteiger partial charge in [0.05, 0.1) is 11.5 Å². The van der Waals surface area contributed by atoms with Crippen molar-refractivity contribution in [1.82, 2.24) is 0 Å². The molecule has 0 fully saturated rings. The van der Waals surface area contributed by atoms with Gasteiger partial charge in [-0.05, 0) is 44.2 Å². The lowest BCUT2D eigenvalue weighted by Gasteiger charge is -2.09. The van der Waals surface area contributed by atoms with Gasteiger partial charge >= 0.3 is 0 Å². The Balaban J connectivity index is 2.19. The smallest absolute Gasteiger partial charge is 0.273 e. The van der Waals surface area contributed by atoms with Crippen molar-refractivity contribution in [2.24, 2.45) is 0 Å². The average molecular weight is 300 g/mol. The molecule has 6 heteroatoms. The van der Waals surface area contributed by atoms with Crippen molar-refractivity contribution in [2.75, 3.05) is 11.9 Å². The minimum Gasteiger partial charge on any atom is -0.494 e. The number of rotatable bonds is 5. The van der Waals surface area contributed by atoms with Crippen LogP contribution in [0.25, 0.3) is 0 Å². The van der Waals surface area contributed by atoms with Gasteiger partial charge in [-0.3, -0.25) is 14.9 Å². The van der Waals surface area contributed by atoms with Crippen LogP contribution in [0.2, 0.25) is 0 Å². The Bertz CT molecular complexity index is 696. The number of benzene rings is 2. The number of ether oxygens (including phenoxy) is 1. The molecular formula is C16H16N2O4. The number of nitrogens with zero attached hydrogens (tertiary/aromatic N) is 1. The molecular weight excluding hydrogens is 284 g/mol. The van der Waals surface area contributed by atoms with Crippen LogP contribution in [0.5, 0.6) is 5.75 Å². The van der Waals surface area contributed by atoms with Crippen LogP contribution in [-0.4, -0.2) is 17.4 Å². The number of hydrogen-bond donors (Lipinski definition) is 1. The number of carbonyl (C=O) groups excluding carboxylic acids is 1. The maximum atomic E-state index is 12.3. The zero-order valence-electron chi connectivity index (χ0n) is 12.3. The Hall–Kier alpha value is -2.89. The molecule has 0 aliphatic rings. The first-order valence-corrected chi connectivity index (χ1v) is 6.81. The molecule has 0 saturated carbocycles. The van der Waals surface area contributed by atoms with Gasteiger partial charge in [0.2, 0.25) is 0 Å². The van der Waals surface area contributed by atoms with Crippen LogP contribution in [-0.2, 0) is 0 Å². The Morgan fingerprint density at radius 2 is 1.91 bits per heavy atom. The second kappa shape index (κ2) is 6.71. The van der Waals surface area contributed by atoms with Gasteiger partial charge in [-0.15, -0.1) is 0 Å². The molecule has 1 N–H and O–H groups in total. The van der Waals surface area contributed by atoms with Crippen LogP contribution in [0, 0.1) is 17.0 Å². The number of nitrogens with one attached hydrogen (secondary N) is 1. The van der Waals surface area contributed by atoms with Crippen LogP contribution in [0.4, 0.5) is 11.4 Å². The maximum Gasteiger partial charge on any atom is 0.273 e. The number of nitro benzene ring substituents is 1. The molecule has 0 aromatic heterocycles. The van der Waals surface area contributed by atoms with E-state index in [1.807, 2.05) is 6.92 Å². The second-order valence-corrected chi connectivity index (χ2v) is 4.62. The molecule has 0 spiro atoms. The Morgan fingerprint density at radius 1 is 1.23 bits per heavy atom. The molecule has 0 aliphatic carbocycles. The minimum atomic E-state index is -0.497. The summed E-state index contributed by atoms with van der Waals surface area (Å²) in [4.78, 5) is 22.7. The van der Waals surface area contributed by atoms with Gasteiger partial charge in [-0.2, -0.15) is 0 Å². The van der Waals surface area contributed by atoms with Crippen molar-refractivity contribution in [3.05, 3.63) is 63.7 Å². The van der Waals surface area contributed by atoms with Gasteiger partial charge in [0.15, 0.2) is 0 Å². The van der Waals surface area contributed by atoms with E-state index in [1.165, 1.54) is 12.1 Å². The van der Waals surface area contributed by atoms with Crippen LogP contribution in [0.15, 0.2) is 42.5 Å². The summed E-state index contributed by atoms with van der Waals surface area (Å²) in [7, 11) is 0. The zero-order valence-corrected chi connectivity index (χ0v) is 12.3. The number of nitro groups is 1. The van der Waals surface area contributed by atoms with E-state index in [0.29, 0.717) is 23.6 Å². The molecule has 114 valence electrons. The van der Waals surface area contributed by atoms with Gasteiger partial charge < -0.3 is 10.1 Å². The third kappa shape index (κ3) is 3.41. The Labute approximate surface area is 127 Å². The Kier molecular flexibility index (Phi) is 4.73. The SMILES string of the molecule is CCOc1ccc(NC(=O)c2cccc([N+](=O)[O-])c2C)cc1. The highest BCUT2D eigenvalue weighted by Gasteiger charge is 2.17. The van der Waals surface area contributed by atoms with E-state index in [1.54, 1.807) is 37.3 Å². The van der Waals surface area contributed by atoms with Crippen LogP contribution >= 0.6 is 0 Å². The summed E-state index contributed by atoms with van der Waals surface area (Å²) in [5.74, 6) is 0.331. The number of amides is 1. The van der Waals surface area contributed by atoms with Gasteiger partial charge in [-0.25, -0.2) is 0 Å². The fraction of sp³-hybridized carbons (Fsp3) is 0.188. The molecule has 0 aliphatic heterocycles. The molecule has 1 amide bonds. The lowest BCUT2D eigenvalue weighted by atomic mass is 10.1. The highest BCUT2D eigenvalue weighted by Crippen LogP contribution is 2.22. The molecule has 2 rings (SSSR count). The van der Waals surface area contributed by atoms with Gasteiger partial charge in [0.1, 0.15) is 5.75 Å². The quantitative estimate of drug-likeness (QED) is 0.676. The molecule has 22 heavy (non-hydrogen) atoms. The first kappa shape index (κ1) is 15.5. The van der Waals surface area contributed by atoms with Crippen molar-refractivity contribution in [2.45, 2.75) is 13.8 Å². The van der Waals surface area contributed by atoms with E-state index in [0.717, 1.165) is 0 Å². The van der Waals surface area contributed by atoms with Gasteiger partial charge in [0, 0.05) is 22.9 Å². The van der Waals surface area contributed by atoms with Crippen molar-refractivity contribution in [1.29, 1.82) is 0 Å². The van der Waals surface area contributed by atoms with Crippen LogP contribution in [0.3, 0.4) is 0 Å². The maximum absolute atomic E-state index is 12.3. The highest BCUT2D eigenvalue weighted by molar-refractivity contribution is 6.05. The molecule has 0 bridgehead atoms. The molecule has 0 saturated heterocycles. The van der Waals surface area contributed by atoms with Crippen molar-refractivity contribution >= 4 is 17.3 Å². The number of hydrogen-bond acceptors (Lipinski definition) is 4. The fourth-order valence-electron chi connectivity index (χ4n) is 2.07. The molecule has 2 aromatic carbocycles. The number of anilines is 1. The summed E-state index contributed by atoms with van der Waals surface area (Å²) in [5, 5.41) is 13.6. The van der Waals surface area contributed by atoms with Crippen molar-refractivity contribution in [3.63, 3.8) is 0 Å². The first-order chi connectivity index (χ1) is 10.5. The first-order valence-electron chi connectivity index (χ1n) is 6.81. The lowest BCUT2D eigenvalue weighted by molar-refractivity contribution is -0.385. The van der Waals surface area contributed by atoms with Crippen molar-refractivity contribution < 1.29 is 14.5 Å². The number of carbonyl (C=O) groups is 1. The van der Waals surface area contributed by atoms with E-state index in [9.17, 15) is 14.9 Å². The molecule has 0 heterocycles. The zero-order chi connectivity index (χ0) is 16.1.